The maximum Gasteiger partial charge on any atom is 0.293 e. The summed E-state index contributed by atoms with van der Waals surface area (Å²) < 4.78 is 1.75. The zero-order chi connectivity index (χ0) is 13.3. The van der Waals surface area contributed by atoms with E-state index in [1.807, 2.05) is 20.8 Å². The van der Waals surface area contributed by atoms with Crippen LogP contribution in [0, 0.1) is 0 Å². The van der Waals surface area contributed by atoms with Crippen LogP contribution in [-0.2, 0) is 5.54 Å². The molecule has 0 radical (unpaired) electrons. The van der Waals surface area contributed by atoms with Gasteiger partial charge in [0.25, 0.3) is 5.56 Å². The van der Waals surface area contributed by atoms with Crippen LogP contribution >= 0.6 is 0 Å². The minimum absolute atomic E-state index is 0.000833. The van der Waals surface area contributed by atoms with Gasteiger partial charge in [-0.25, -0.2) is 4.98 Å². The first-order valence-electron chi connectivity index (χ1n) is 6.46. The van der Waals surface area contributed by atoms with Crippen molar-refractivity contribution >= 4 is 5.82 Å². The van der Waals surface area contributed by atoms with Crippen LogP contribution in [0.25, 0.3) is 0 Å². The van der Waals surface area contributed by atoms with E-state index in [4.69, 9.17) is 0 Å². The molecule has 18 heavy (non-hydrogen) atoms. The van der Waals surface area contributed by atoms with Gasteiger partial charge < -0.3 is 14.8 Å². The van der Waals surface area contributed by atoms with E-state index < -0.39 is 0 Å². The zero-order valence-corrected chi connectivity index (χ0v) is 11.6. The maximum absolute atomic E-state index is 12.5. The average Bonchev–Trinajstić information content (AvgIpc) is 2.27. The Balaban J connectivity index is 2.37. The second-order valence-electron chi connectivity index (χ2n) is 5.90. The Morgan fingerprint density at radius 1 is 1.44 bits per heavy atom. The van der Waals surface area contributed by atoms with Crippen LogP contribution in [0.15, 0.2) is 17.2 Å². The SMILES string of the molecule is CC1CN(c2nccn(C(C)(C)C)c2=O)CCN1. The van der Waals surface area contributed by atoms with Crippen LogP contribution in [0.3, 0.4) is 0 Å². The number of nitrogens with one attached hydrogen (secondary N) is 1. The molecule has 100 valence electrons. The smallest absolute Gasteiger partial charge is 0.293 e. The summed E-state index contributed by atoms with van der Waals surface area (Å²) in [7, 11) is 0. The topological polar surface area (TPSA) is 50.2 Å². The van der Waals surface area contributed by atoms with Gasteiger partial charge in [0.05, 0.1) is 0 Å². The quantitative estimate of drug-likeness (QED) is 0.801. The van der Waals surface area contributed by atoms with Crippen molar-refractivity contribution in [3.8, 4) is 0 Å². The molecule has 1 aliphatic rings. The Kier molecular flexibility index (Phi) is 3.43. The van der Waals surface area contributed by atoms with E-state index in [0.717, 1.165) is 19.6 Å². The van der Waals surface area contributed by atoms with E-state index in [1.165, 1.54) is 0 Å². The largest absolute Gasteiger partial charge is 0.349 e. The van der Waals surface area contributed by atoms with E-state index in [-0.39, 0.29) is 11.1 Å². The molecular weight excluding hydrogens is 228 g/mol. The lowest BCUT2D eigenvalue weighted by atomic mass is 10.1. The molecule has 5 nitrogen and oxygen atoms in total. The lowest BCUT2D eigenvalue weighted by Gasteiger charge is -2.33. The molecule has 1 fully saturated rings. The van der Waals surface area contributed by atoms with Crippen LogP contribution in [0.1, 0.15) is 27.7 Å². The van der Waals surface area contributed by atoms with Crippen molar-refractivity contribution in [1.82, 2.24) is 14.9 Å². The van der Waals surface area contributed by atoms with Gasteiger partial charge in [0.15, 0.2) is 5.82 Å². The Hall–Kier alpha value is -1.36. The van der Waals surface area contributed by atoms with Crippen molar-refractivity contribution in [2.75, 3.05) is 24.5 Å². The number of anilines is 1. The summed E-state index contributed by atoms with van der Waals surface area (Å²) in [6, 6.07) is 0.392. The first-order chi connectivity index (χ1) is 8.39. The van der Waals surface area contributed by atoms with E-state index in [0.29, 0.717) is 11.9 Å². The summed E-state index contributed by atoms with van der Waals surface area (Å²) in [6.07, 6.45) is 3.48. The molecule has 0 aliphatic carbocycles. The van der Waals surface area contributed by atoms with E-state index in [9.17, 15) is 4.79 Å². The highest BCUT2D eigenvalue weighted by Crippen LogP contribution is 2.13. The third kappa shape index (κ3) is 2.56. The standard InChI is InChI=1S/C13H22N4O/c1-10-9-16(7-5-14-10)11-12(18)17(8-6-15-11)13(2,3)4/h6,8,10,14H,5,7,9H2,1-4H3. The van der Waals surface area contributed by atoms with Crippen LogP contribution in [0.2, 0.25) is 0 Å². The summed E-state index contributed by atoms with van der Waals surface area (Å²) >= 11 is 0. The normalized spacial score (nSPS) is 21.1. The summed E-state index contributed by atoms with van der Waals surface area (Å²) in [5.41, 5.74) is -0.215. The number of piperazine rings is 1. The lowest BCUT2D eigenvalue weighted by Crippen LogP contribution is -2.51. The Labute approximate surface area is 108 Å². The highest BCUT2D eigenvalue weighted by molar-refractivity contribution is 5.37. The van der Waals surface area contributed by atoms with Gasteiger partial charge in [-0.1, -0.05) is 0 Å². The minimum atomic E-state index is -0.214. The molecule has 1 saturated heterocycles. The Bertz CT molecular complexity index is 475. The van der Waals surface area contributed by atoms with Crippen molar-refractivity contribution in [1.29, 1.82) is 0 Å². The van der Waals surface area contributed by atoms with Crippen molar-refractivity contribution in [3.63, 3.8) is 0 Å². The molecule has 1 N–H and O–H groups in total. The van der Waals surface area contributed by atoms with Crippen LogP contribution in [-0.4, -0.2) is 35.2 Å². The van der Waals surface area contributed by atoms with Gasteiger partial charge in [-0.15, -0.1) is 0 Å². The summed E-state index contributed by atoms with van der Waals surface area (Å²) in [5, 5.41) is 3.37. The monoisotopic (exact) mass is 250 g/mol. The predicted molar refractivity (Wildman–Crippen MR) is 73.2 cm³/mol. The fraction of sp³-hybridized carbons (Fsp3) is 0.692. The van der Waals surface area contributed by atoms with Crippen LogP contribution in [0.5, 0.6) is 0 Å². The maximum atomic E-state index is 12.5. The first-order valence-corrected chi connectivity index (χ1v) is 6.46. The van der Waals surface area contributed by atoms with Crippen molar-refractivity contribution < 1.29 is 0 Å². The number of nitrogens with zero attached hydrogens (tertiary/aromatic N) is 3. The molecule has 0 amide bonds. The van der Waals surface area contributed by atoms with E-state index >= 15 is 0 Å². The average molecular weight is 250 g/mol. The van der Waals surface area contributed by atoms with Crippen LogP contribution in [0.4, 0.5) is 5.82 Å². The first kappa shape index (κ1) is 13.1. The number of rotatable bonds is 1. The Morgan fingerprint density at radius 3 is 2.78 bits per heavy atom. The van der Waals surface area contributed by atoms with Gasteiger partial charge in [-0.2, -0.15) is 0 Å². The minimum Gasteiger partial charge on any atom is -0.349 e. The molecule has 1 aromatic rings. The molecule has 1 unspecified atom stereocenters. The fourth-order valence-corrected chi connectivity index (χ4v) is 2.27. The fourth-order valence-electron chi connectivity index (χ4n) is 2.27. The van der Waals surface area contributed by atoms with E-state index in [1.54, 1.807) is 17.0 Å². The highest BCUT2D eigenvalue weighted by Gasteiger charge is 2.22. The third-order valence-electron chi connectivity index (χ3n) is 3.21. The molecule has 5 heteroatoms. The second kappa shape index (κ2) is 4.72. The third-order valence-corrected chi connectivity index (χ3v) is 3.21. The van der Waals surface area contributed by atoms with Gasteiger partial charge in [-0.3, -0.25) is 4.79 Å². The van der Waals surface area contributed by atoms with Crippen molar-refractivity contribution in [2.45, 2.75) is 39.3 Å². The summed E-state index contributed by atoms with van der Waals surface area (Å²) in [6.45, 7) is 10.8. The van der Waals surface area contributed by atoms with Crippen LogP contribution < -0.4 is 15.8 Å². The van der Waals surface area contributed by atoms with Gasteiger partial charge in [0, 0.05) is 43.6 Å². The second-order valence-corrected chi connectivity index (χ2v) is 5.90. The molecule has 2 heterocycles. The molecule has 2 rings (SSSR count). The number of hydrogen-bond donors (Lipinski definition) is 1. The zero-order valence-electron chi connectivity index (χ0n) is 11.6. The number of aromatic nitrogens is 2. The molecular formula is C13H22N4O. The van der Waals surface area contributed by atoms with Gasteiger partial charge in [0.1, 0.15) is 0 Å². The highest BCUT2D eigenvalue weighted by atomic mass is 16.1. The molecule has 0 spiro atoms. The predicted octanol–water partition coefficient (Wildman–Crippen LogP) is 0.796. The molecule has 0 aromatic carbocycles. The summed E-state index contributed by atoms with van der Waals surface area (Å²) in [5.74, 6) is 0.570. The van der Waals surface area contributed by atoms with Gasteiger partial charge in [-0.05, 0) is 27.7 Å². The molecule has 1 atom stereocenters. The molecule has 1 aliphatic heterocycles. The van der Waals surface area contributed by atoms with E-state index in [2.05, 4.69) is 22.1 Å². The van der Waals surface area contributed by atoms with Crippen molar-refractivity contribution in [2.24, 2.45) is 0 Å². The van der Waals surface area contributed by atoms with Gasteiger partial charge >= 0.3 is 0 Å². The Morgan fingerprint density at radius 2 is 2.17 bits per heavy atom. The lowest BCUT2D eigenvalue weighted by molar-refractivity contribution is 0.381. The molecule has 1 aromatic heterocycles. The number of hydrogen-bond acceptors (Lipinski definition) is 4. The van der Waals surface area contributed by atoms with Crippen molar-refractivity contribution in [3.05, 3.63) is 22.7 Å². The summed E-state index contributed by atoms with van der Waals surface area (Å²) in [4.78, 5) is 18.8. The molecule has 0 saturated carbocycles. The van der Waals surface area contributed by atoms with Gasteiger partial charge in [0.2, 0.25) is 0 Å². The molecule has 0 bridgehead atoms.